The number of carbonyl (C=O) groups is 2. The number of hydrogen-bond donors (Lipinski definition) is 3. The van der Waals surface area contributed by atoms with Crippen LogP contribution in [0.4, 0.5) is 14.9 Å². The highest BCUT2D eigenvalue weighted by Crippen LogP contribution is 2.29. The van der Waals surface area contributed by atoms with Crippen LogP contribution in [0.25, 0.3) is 0 Å². The number of nitrogens with one attached hydrogen (secondary N) is 2. The maximum atomic E-state index is 13.6. The number of para-hydroxylation sites is 1. The summed E-state index contributed by atoms with van der Waals surface area (Å²) in [5.41, 5.74) is -1.39. The summed E-state index contributed by atoms with van der Waals surface area (Å²) in [7, 11) is 0. The van der Waals surface area contributed by atoms with Crippen molar-refractivity contribution in [3.63, 3.8) is 0 Å². The third-order valence-corrected chi connectivity index (χ3v) is 3.77. The Balaban J connectivity index is 2.07. The molecule has 0 aromatic heterocycles. The van der Waals surface area contributed by atoms with Gasteiger partial charge in [-0.2, -0.15) is 0 Å². The molecule has 2 atom stereocenters. The molecule has 114 valence electrons. The molecule has 6 nitrogen and oxygen atoms in total. The summed E-state index contributed by atoms with van der Waals surface area (Å²) < 4.78 is 18.7. The molecular weight excluding hydrogens is 303 g/mol. The molecule has 0 aliphatic carbocycles. The molecule has 1 aliphatic heterocycles. The number of carbonyl (C=O) groups excluding carboxylic acids is 1. The highest BCUT2D eigenvalue weighted by molar-refractivity contribution is 6.33. The number of halogens is 2. The lowest BCUT2D eigenvalue weighted by molar-refractivity contribution is -0.148. The lowest BCUT2D eigenvalue weighted by atomic mass is 9.85. The summed E-state index contributed by atoms with van der Waals surface area (Å²) in [4.78, 5) is 23.1. The number of anilines is 1. The van der Waals surface area contributed by atoms with Crippen LogP contribution in [0.3, 0.4) is 0 Å². The van der Waals surface area contributed by atoms with Crippen LogP contribution in [-0.4, -0.2) is 36.4 Å². The molecule has 8 heteroatoms. The maximum Gasteiger partial charge on any atom is 0.319 e. The number of carboxylic acid groups (broad SMARTS) is 1. The van der Waals surface area contributed by atoms with Gasteiger partial charge in [0.15, 0.2) is 0 Å². The predicted octanol–water partition coefficient (Wildman–Crippen LogP) is 2.09. The summed E-state index contributed by atoms with van der Waals surface area (Å²) in [6, 6.07) is 2.53. The molecular formula is C13H14ClFN2O4. The van der Waals surface area contributed by atoms with E-state index in [1.807, 2.05) is 0 Å². The van der Waals surface area contributed by atoms with Gasteiger partial charge in [0.25, 0.3) is 0 Å². The Kier molecular flexibility index (Phi) is 4.34. The van der Waals surface area contributed by atoms with Gasteiger partial charge in [0, 0.05) is 0 Å². The minimum Gasteiger partial charge on any atom is -0.481 e. The van der Waals surface area contributed by atoms with Gasteiger partial charge in [-0.1, -0.05) is 17.7 Å². The van der Waals surface area contributed by atoms with Gasteiger partial charge >= 0.3 is 12.0 Å². The summed E-state index contributed by atoms with van der Waals surface area (Å²) in [6.45, 7) is 1.54. The molecule has 1 fully saturated rings. The highest BCUT2D eigenvalue weighted by Gasteiger charge is 2.47. The third kappa shape index (κ3) is 3.08. The van der Waals surface area contributed by atoms with E-state index in [9.17, 15) is 19.1 Å². The van der Waals surface area contributed by atoms with Crippen LogP contribution in [0.15, 0.2) is 18.2 Å². The van der Waals surface area contributed by atoms with Gasteiger partial charge in [0.1, 0.15) is 11.2 Å². The van der Waals surface area contributed by atoms with Gasteiger partial charge in [-0.15, -0.1) is 0 Å². The molecule has 2 unspecified atom stereocenters. The Hall–Kier alpha value is -1.86. The first-order chi connectivity index (χ1) is 9.84. The average molecular weight is 317 g/mol. The molecule has 1 aromatic rings. The van der Waals surface area contributed by atoms with Crippen LogP contribution in [0.5, 0.6) is 0 Å². The van der Waals surface area contributed by atoms with Gasteiger partial charge in [-0.05, 0) is 19.1 Å². The van der Waals surface area contributed by atoms with Crippen LogP contribution in [0.1, 0.15) is 6.92 Å². The fourth-order valence-electron chi connectivity index (χ4n) is 2.01. The summed E-state index contributed by atoms with van der Waals surface area (Å²) >= 11 is 5.80. The molecule has 1 saturated heterocycles. The van der Waals surface area contributed by atoms with Crippen molar-refractivity contribution < 1.29 is 23.8 Å². The summed E-state index contributed by atoms with van der Waals surface area (Å²) in [5, 5.41) is 14.0. The maximum absolute atomic E-state index is 13.6. The van der Waals surface area contributed by atoms with Crippen LogP contribution >= 0.6 is 11.6 Å². The van der Waals surface area contributed by atoms with E-state index in [0.29, 0.717) is 0 Å². The predicted molar refractivity (Wildman–Crippen MR) is 73.9 cm³/mol. The van der Waals surface area contributed by atoms with Gasteiger partial charge in [0.05, 0.1) is 30.0 Å². The lowest BCUT2D eigenvalue weighted by Gasteiger charge is -2.25. The van der Waals surface area contributed by atoms with E-state index >= 15 is 0 Å². The van der Waals surface area contributed by atoms with E-state index in [1.54, 1.807) is 0 Å². The monoisotopic (exact) mass is 316 g/mol. The Morgan fingerprint density at radius 1 is 1.52 bits per heavy atom. The fraction of sp³-hybridized carbons (Fsp3) is 0.385. The minimum atomic E-state index is -1.23. The quantitative estimate of drug-likeness (QED) is 0.797. The van der Waals surface area contributed by atoms with E-state index in [2.05, 4.69) is 10.6 Å². The Labute approximate surface area is 125 Å². The number of hydrogen-bond acceptors (Lipinski definition) is 3. The van der Waals surface area contributed by atoms with Crippen molar-refractivity contribution in [3.05, 3.63) is 29.0 Å². The Morgan fingerprint density at radius 2 is 2.24 bits per heavy atom. The second kappa shape index (κ2) is 5.87. The van der Waals surface area contributed by atoms with Crippen molar-refractivity contribution >= 4 is 29.3 Å². The normalized spacial score (nSPS) is 24.6. The van der Waals surface area contributed by atoms with Gasteiger partial charge in [-0.3, -0.25) is 4.79 Å². The zero-order chi connectivity index (χ0) is 15.6. The van der Waals surface area contributed by atoms with Crippen LogP contribution in [0, 0.1) is 11.2 Å². The van der Waals surface area contributed by atoms with Crippen molar-refractivity contribution in [3.8, 4) is 0 Å². The first-order valence-electron chi connectivity index (χ1n) is 6.17. The molecule has 0 saturated carbocycles. The first-order valence-corrected chi connectivity index (χ1v) is 6.55. The van der Waals surface area contributed by atoms with E-state index in [0.717, 1.165) is 6.07 Å². The van der Waals surface area contributed by atoms with Crippen molar-refractivity contribution in [1.82, 2.24) is 5.32 Å². The summed E-state index contributed by atoms with van der Waals surface area (Å²) in [6.07, 6.45) is 0. The van der Waals surface area contributed by atoms with E-state index in [1.165, 1.54) is 19.1 Å². The largest absolute Gasteiger partial charge is 0.481 e. The molecule has 21 heavy (non-hydrogen) atoms. The van der Waals surface area contributed by atoms with Gasteiger partial charge < -0.3 is 20.5 Å². The second-order valence-corrected chi connectivity index (χ2v) is 5.39. The lowest BCUT2D eigenvalue weighted by Crippen LogP contribution is -2.50. The molecule has 3 N–H and O–H groups in total. The van der Waals surface area contributed by atoms with Crippen LogP contribution in [0.2, 0.25) is 5.02 Å². The zero-order valence-electron chi connectivity index (χ0n) is 11.2. The molecule has 1 aromatic carbocycles. The average Bonchev–Trinajstić information content (AvgIpc) is 2.77. The molecule has 2 amide bonds. The number of urea groups is 1. The SMILES string of the molecule is CC1(C(=O)O)COCC1NC(=O)Nc1c(F)cccc1Cl. The Morgan fingerprint density at radius 3 is 2.86 bits per heavy atom. The van der Waals surface area contributed by atoms with Crippen LogP contribution in [-0.2, 0) is 9.53 Å². The van der Waals surface area contributed by atoms with Crippen molar-refractivity contribution in [2.24, 2.45) is 5.41 Å². The number of carboxylic acids is 1. The Bertz CT molecular complexity index is 563. The third-order valence-electron chi connectivity index (χ3n) is 3.45. The fourth-order valence-corrected chi connectivity index (χ4v) is 2.22. The first kappa shape index (κ1) is 15.5. The van der Waals surface area contributed by atoms with Crippen molar-refractivity contribution in [2.75, 3.05) is 18.5 Å². The van der Waals surface area contributed by atoms with Crippen molar-refractivity contribution in [1.29, 1.82) is 0 Å². The number of ether oxygens (including phenoxy) is 1. The molecule has 0 bridgehead atoms. The van der Waals surface area contributed by atoms with Gasteiger partial charge in [-0.25, -0.2) is 9.18 Å². The second-order valence-electron chi connectivity index (χ2n) is 4.99. The minimum absolute atomic E-state index is 0.00622. The molecule has 0 radical (unpaired) electrons. The standard InChI is InChI=1S/C13H14ClFN2O4/c1-13(11(18)19)6-21-5-9(13)16-12(20)17-10-7(14)3-2-4-8(10)15/h2-4,9H,5-6H2,1H3,(H,18,19)(H2,16,17,20). The number of benzene rings is 1. The number of amides is 2. The number of rotatable bonds is 3. The smallest absolute Gasteiger partial charge is 0.319 e. The topological polar surface area (TPSA) is 87.7 Å². The number of aliphatic carboxylic acids is 1. The van der Waals surface area contributed by atoms with Crippen LogP contribution < -0.4 is 10.6 Å². The van der Waals surface area contributed by atoms with E-state index in [-0.39, 0.29) is 23.9 Å². The summed E-state index contributed by atoms with van der Waals surface area (Å²) in [5.74, 6) is -1.75. The molecule has 1 aliphatic rings. The zero-order valence-corrected chi connectivity index (χ0v) is 11.9. The molecule has 2 rings (SSSR count). The van der Waals surface area contributed by atoms with Gasteiger partial charge in [0.2, 0.25) is 0 Å². The molecule has 1 heterocycles. The highest BCUT2D eigenvalue weighted by atomic mass is 35.5. The van der Waals surface area contributed by atoms with E-state index in [4.69, 9.17) is 16.3 Å². The van der Waals surface area contributed by atoms with E-state index < -0.39 is 29.3 Å². The van der Waals surface area contributed by atoms with Crippen molar-refractivity contribution in [2.45, 2.75) is 13.0 Å². The molecule has 0 spiro atoms.